The average Bonchev–Trinajstić information content (AvgIpc) is 2.71. The van der Waals surface area contributed by atoms with Gasteiger partial charge in [-0.2, -0.15) is 0 Å². The number of primary amides is 1. The summed E-state index contributed by atoms with van der Waals surface area (Å²) in [6.45, 7) is 0.474. The van der Waals surface area contributed by atoms with Gasteiger partial charge in [-0.3, -0.25) is 14.4 Å². The number of carboxylic acid groups (broad SMARTS) is 1. The smallest absolute Gasteiger partial charge is 0.326 e. The number of phenols is 1. The van der Waals surface area contributed by atoms with Crippen LogP contribution in [0.2, 0.25) is 0 Å². The second-order valence-electron chi connectivity index (χ2n) is 7.23. The molecule has 172 valence electrons. The van der Waals surface area contributed by atoms with Crippen LogP contribution in [0.5, 0.6) is 5.75 Å². The minimum absolute atomic E-state index is 0.0353. The monoisotopic (exact) mass is 437 g/mol. The molecule has 31 heavy (non-hydrogen) atoms. The normalized spacial score (nSPS) is 13.6. The van der Waals surface area contributed by atoms with Crippen molar-refractivity contribution in [1.29, 1.82) is 0 Å². The first-order valence-electron chi connectivity index (χ1n) is 9.99. The van der Waals surface area contributed by atoms with E-state index in [1.165, 1.54) is 12.1 Å². The van der Waals surface area contributed by atoms with Gasteiger partial charge in [0.1, 0.15) is 17.8 Å². The maximum Gasteiger partial charge on any atom is 0.326 e. The van der Waals surface area contributed by atoms with Crippen LogP contribution in [-0.4, -0.2) is 58.6 Å². The molecule has 0 unspecified atom stereocenters. The fraction of sp³-hybridized carbons (Fsp3) is 0.500. The Hall–Kier alpha value is -3.18. The molecule has 0 aliphatic carbocycles. The molecule has 1 aromatic carbocycles. The van der Waals surface area contributed by atoms with E-state index >= 15 is 0 Å². The molecule has 0 spiro atoms. The van der Waals surface area contributed by atoms with Crippen LogP contribution in [0.15, 0.2) is 24.3 Å². The van der Waals surface area contributed by atoms with Crippen LogP contribution in [0.3, 0.4) is 0 Å². The fourth-order valence-electron chi connectivity index (χ4n) is 2.81. The molecule has 1 rings (SSSR count). The summed E-state index contributed by atoms with van der Waals surface area (Å²) < 4.78 is 0. The van der Waals surface area contributed by atoms with Crippen LogP contribution < -0.4 is 27.8 Å². The highest BCUT2D eigenvalue weighted by Crippen LogP contribution is 2.12. The fourth-order valence-corrected chi connectivity index (χ4v) is 2.81. The van der Waals surface area contributed by atoms with Crippen molar-refractivity contribution in [3.8, 4) is 5.75 Å². The molecule has 0 heterocycles. The van der Waals surface area contributed by atoms with Gasteiger partial charge < -0.3 is 38.0 Å². The van der Waals surface area contributed by atoms with E-state index < -0.39 is 41.8 Å². The van der Waals surface area contributed by atoms with Crippen LogP contribution in [0, 0.1) is 0 Å². The summed E-state index contributed by atoms with van der Waals surface area (Å²) >= 11 is 0. The van der Waals surface area contributed by atoms with Gasteiger partial charge in [-0.25, -0.2) is 4.79 Å². The Morgan fingerprint density at radius 2 is 1.55 bits per heavy atom. The lowest BCUT2D eigenvalue weighted by Gasteiger charge is -2.23. The van der Waals surface area contributed by atoms with Crippen molar-refractivity contribution in [2.45, 2.75) is 56.7 Å². The number of nitrogens with one attached hydrogen (secondary N) is 2. The van der Waals surface area contributed by atoms with Gasteiger partial charge in [0.15, 0.2) is 0 Å². The SMILES string of the molecule is NCCCC[C@H](N)C(=O)N[C@@H](Cc1ccc(O)cc1)C(=O)N[C@@H](CCC(N)=O)C(=O)O. The third-order valence-electron chi connectivity index (χ3n) is 4.61. The van der Waals surface area contributed by atoms with Gasteiger partial charge in [0.2, 0.25) is 17.7 Å². The number of aliphatic carboxylic acids is 1. The molecule has 0 fully saturated rings. The highest BCUT2D eigenvalue weighted by Gasteiger charge is 2.28. The van der Waals surface area contributed by atoms with Crippen LogP contribution >= 0.6 is 0 Å². The first-order chi connectivity index (χ1) is 14.6. The first-order valence-corrected chi connectivity index (χ1v) is 9.99. The molecule has 0 radical (unpaired) electrons. The van der Waals surface area contributed by atoms with Gasteiger partial charge in [-0.1, -0.05) is 18.6 Å². The quantitative estimate of drug-likeness (QED) is 0.174. The van der Waals surface area contributed by atoms with Crippen LogP contribution in [0.1, 0.15) is 37.7 Å². The molecular weight excluding hydrogens is 406 g/mol. The molecule has 0 saturated heterocycles. The second-order valence-corrected chi connectivity index (χ2v) is 7.23. The van der Waals surface area contributed by atoms with Gasteiger partial charge in [0, 0.05) is 12.8 Å². The Kier molecular flexibility index (Phi) is 11.0. The lowest BCUT2D eigenvalue weighted by atomic mass is 10.0. The van der Waals surface area contributed by atoms with Crippen LogP contribution in [0.4, 0.5) is 0 Å². The van der Waals surface area contributed by atoms with Gasteiger partial charge in [-0.05, 0) is 43.5 Å². The summed E-state index contributed by atoms with van der Waals surface area (Å²) in [4.78, 5) is 47.6. The van der Waals surface area contributed by atoms with E-state index in [4.69, 9.17) is 17.2 Å². The summed E-state index contributed by atoms with van der Waals surface area (Å²) in [5.41, 5.74) is 17.0. The number of carbonyl (C=O) groups excluding carboxylic acids is 3. The lowest BCUT2D eigenvalue weighted by molar-refractivity contribution is -0.142. The first kappa shape index (κ1) is 25.9. The van der Waals surface area contributed by atoms with E-state index in [9.17, 15) is 29.4 Å². The number of unbranched alkanes of at least 4 members (excludes halogenated alkanes) is 1. The number of benzene rings is 1. The number of carboxylic acids is 1. The van der Waals surface area contributed by atoms with Gasteiger partial charge in [-0.15, -0.1) is 0 Å². The number of aromatic hydroxyl groups is 1. The molecule has 10 N–H and O–H groups in total. The molecule has 0 saturated carbocycles. The minimum Gasteiger partial charge on any atom is -0.508 e. The number of phenolic OH excluding ortho intramolecular Hbond substituents is 1. The zero-order valence-electron chi connectivity index (χ0n) is 17.3. The van der Waals surface area contributed by atoms with E-state index in [0.717, 1.165) is 0 Å². The van der Waals surface area contributed by atoms with Crippen molar-refractivity contribution in [3.63, 3.8) is 0 Å². The Labute approximate surface area is 180 Å². The predicted octanol–water partition coefficient (Wildman–Crippen LogP) is -1.29. The van der Waals surface area contributed by atoms with Crippen molar-refractivity contribution in [1.82, 2.24) is 10.6 Å². The number of amides is 3. The molecule has 0 bridgehead atoms. The van der Waals surface area contributed by atoms with Crippen LogP contribution in [0.25, 0.3) is 0 Å². The van der Waals surface area contributed by atoms with E-state index in [2.05, 4.69) is 10.6 Å². The molecule has 0 aliphatic rings. The van der Waals surface area contributed by atoms with Gasteiger partial charge >= 0.3 is 5.97 Å². The third kappa shape index (κ3) is 9.92. The summed E-state index contributed by atoms with van der Waals surface area (Å²) in [6.07, 6.45) is 1.36. The zero-order chi connectivity index (χ0) is 23.4. The largest absolute Gasteiger partial charge is 0.508 e. The molecule has 11 heteroatoms. The molecule has 1 aromatic rings. The van der Waals surface area contributed by atoms with Crippen molar-refractivity contribution >= 4 is 23.7 Å². The number of nitrogens with two attached hydrogens (primary N) is 3. The van der Waals surface area contributed by atoms with E-state index in [1.54, 1.807) is 12.1 Å². The Bertz CT molecular complexity index is 755. The van der Waals surface area contributed by atoms with E-state index in [-0.39, 0.29) is 25.0 Å². The van der Waals surface area contributed by atoms with Gasteiger partial charge in [0.05, 0.1) is 6.04 Å². The second kappa shape index (κ2) is 13.2. The molecule has 3 atom stereocenters. The summed E-state index contributed by atoms with van der Waals surface area (Å²) in [6, 6.07) is 2.68. The molecule has 11 nitrogen and oxygen atoms in total. The minimum atomic E-state index is -1.35. The maximum atomic E-state index is 12.8. The predicted molar refractivity (Wildman–Crippen MR) is 113 cm³/mol. The topological polar surface area (TPSA) is 211 Å². The van der Waals surface area contributed by atoms with E-state index in [1.807, 2.05) is 0 Å². The Morgan fingerprint density at radius 1 is 0.935 bits per heavy atom. The summed E-state index contributed by atoms with van der Waals surface area (Å²) in [5, 5.41) is 23.6. The number of hydrogen-bond donors (Lipinski definition) is 7. The van der Waals surface area contributed by atoms with Gasteiger partial charge in [0.25, 0.3) is 0 Å². The van der Waals surface area contributed by atoms with Crippen molar-refractivity contribution in [2.75, 3.05) is 6.54 Å². The molecular formula is C20H31N5O6. The molecule has 0 aliphatic heterocycles. The number of hydrogen-bond acceptors (Lipinski definition) is 7. The highest BCUT2D eigenvalue weighted by molar-refractivity contribution is 5.92. The summed E-state index contributed by atoms with van der Waals surface area (Å²) in [7, 11) is 0. The average molecular weight is 437 g/mol. The lowest BCUT2D eigenvalue weighted by Crippen LogP contribution is -2.55. The third-order valence-corrected chi connectivity index (χ3v) is 4.61. The van der Waals surface area contributed by atoms with Crippen molar-refractivity contribution in [3.05, 3.63) is 29.8 Å². The molecule has 3 amide bonds. The van der Waals surface area contributed by atoms with Crippen LogP contribution in [-0.2, 0) is 25.6 Å². The number of rotatable bonds is 14. The van der Waals surface area contributed by atoms with Crippen molar-refractivity contribution in [2.24, 2.45) is 17.2 Å². The maximum absolute atomic E-state index is 12.8. The number of carbonyl (C=O) groups is 4. The molecule has 0 aromatic heterocycles. The van der Waals surface area contributed by atoms with E-state index in [0.29, 0.717) is 31.4 Å². The Balaban J connectivity index is 2.92. The zero-order valence-corrected chi connectivity index (χ0v) is 17.3. The van der Waals surface area contributed by atoms with Crippen molar-refractivity contribution < 1.29 is 29.4 Å². The summed E-state index contributed by atoms with van der Waals surface area (Å²) in [5.74, 6) is -3.29. The highest BCUT2D eigenvalue weighted by atomic mass is 16.4. The standard InChI is InChI=1S/C20H31N5O6/c21-10-2-1-3-14(22)18(28)25-16(11-12-4-6-13(26)7-5-12)19(29)24-15(20(30)31)8-9-17(23)27/h4-7,14-16,26H,1-3,8-11,21-22H2,(H2,23,27)(H,24,29)(H,25,28)(H,30,31)/t14-,15-,16-/m0/s1. The Morgan fingerprint density at radius 3 is 2.10 bits per heavy atom.